The first-order valence-corrected chi connectivity index (χ1v) is 6.15. The first-order chi connectivity index (χ1) is 6.92. The molecule has 0 aromatic heterocycles. The minimum absolute atomic E-state index is 0.178. The van der Waals surface area contributed by atoms with Gasteiger partial charge >= 0.3 is 5.97 Å². The molecule has 0 spiro atoms. The second-order valence-electron chi connectivity index (χ2n) is 5.88. The fourth-order valence-electron chi connectivity index (χ4n) is 3.20. The smallest absolute Gasteiger partial charge is 0.309 e. The summed E-state index contributed by atoms with van der Waals surface area (Å²) in [5, 5.41) is 9.40. The summed E-state index contributed by atoms with van der Waals surface area (Å²) in [5.74, 6) is -0.566. The van der Waals surface area contributed by atoms with Crippen LogP contribution in [-0.2, 0) is 4.79 Å². The molecule has 1 aliphatic rings. The molecule has 1 saturated carbocycles. The lowest BCUT2D eigenvalue weighted by Gasteiger charge is -2.34. The quantitative estimate of drug-likeness (QED) is 0.751. The number of carboxylic acids is 1. The van der Waals surface area contributed by atoms with E-state index in [9.17, 15) is 9.90 Å². The summed E-state index contributed by atoms with van der Waals surface area (Å²) in [6.07, 6.45) is 7.07. The van der Waals surface area contributed by atoms with E-state index in [1.54, 1.807) is 0 Å². The van der Waals surface area contributed by atoms with Crippen LogP contribution >= 0.6 is 0 Å². The van der Waals surface area contributed by atoms with Gasteiger partial charge in [0.05, 0.1) is 5.41 Å². The lowest BCUT2D eigenvalue weighted by atomic mass is 9.70. The van der Waals surface area contributed by atoms with Crippen molar-refractivity contribution in [3.05, 3.63) is 0 Å². The van der Waals surface area contributed by atoms with Gasteiger partial charge in [0.2, 0.25) is 0 Å². The van der Waals surface area contributed by atoms with Crippen LogP contribution in [0.3, 0.4) is 0 Å². The zero-order valence-electron chi connectivity index (χ0n) is 10.3. The van der Waals surface area contributed by atoms with E-state index in [1.165, 1.54) is 0 Å². The Kier molecular flexibility index (Phi) is 3.80. The maximum Gasteiger partial charge on any atom is 0.309 e. The maximum atomic E-state index is 11.4. The largest absolute Gasteiger partial charge is 0.481 e. The van der Waals surface area contributed by atoms with Gasteiger partial charge < -0.3 is 5.11 Å². The molecule has 0 atom stereocenters. The Labute approximate surface area is 93.1 Å². The lowest BCUT2D eigenvalue weighted by Crippen LogP contribution is -2.33. The van der Waals surface area contributed by atoms with Crippen LogP contribution in [0.2, 0.25) is 0 Å². The molecule has 0 amide bonds. The standard InChI is InChI=1S/C13H24O2/c1-4-7-12(2,3)10-13(11(14)15)8-5-6-9-13/h4-10H2,1-3H3,(H,14,15). The zero-order valence-corrected chi connectivity index (χ0v) is 10.3. The number of aliphatic carboxylic acids is 1. The molecule has 0 aromatic carbocycles. The van der Waals surface area contributed by atoms with E-state index in [1.807, 2.05) is 0 Å². The summed E-state index contributed by atoms with van der Waals surface area (Å²) in [6.45, 7) is 6.59. The summed E-state index contributed by atoms with van der Waals surface area (Å²) in [7, 11) is 0. The third-order valence-corrected chi connectivity index (χ3v) is 3.76. The van der Waals surface area contributed by atoms with Crippen LogP contribution in [0.1, 0.15) is 65.7 Å². The summed E-state index contributed by atoms with van der Waals surface area (Å²) in [4.78, 5) is 11.4. The molecular formula is C13H24O2. The minimum Gasteiger partial charge on any atom is -0.481 e. The SMILES string of the molecule is CCCC(C)(C)CC1(C(=O)O)CCCC1. The molecule has 0 bridgehead atoms. The molecule has 0 unspecified atom stereocenters. The monoisotopic (exact) mass is 212 g/mol. The predicted octanol–water partition coefficient (Wildman–Crippen LogP) is 3.85. The molecular weight excluding hydrogens is 188 g/mol. The first-order valence-electron chi connectivity index (χ1n) is 6.15. The van der Waals surface area contributed by atoms with Crippen LogP contribution in [0.25, 0.3) is 0 Å². The van der Waals surface area contributed by atoms with Gasteiger partial charge in [-0.25, -0.2) is 0 Å². The van der Waals surface area contributed by atoms with Gasteiger partial charge in [0, 0.05) is 0 Å². The summed E-state index contributed by atoms with van der Waals surface area (Å²) in [5.41, 5.74) is -0.226. The molecule has 15 heavy (non-hydrogen) atoms. The van der Waals surface area contributed by atoms with Crippen molar-refractivity contribution in [3.8, 4) is 0 Å². The summed E-state index contributed by atoms with van der Waals surface area (Å²) in [6, 6.07) is 0. The van der Waals surface area contributed by atoms with E-state index in [-0.39, 0.29) is 5.41 Å². The highest BCUT2D eigenvalue weighted by molar-refractivity contribution is 5.75. The average Bonchev–Trinajstić information content (AvgIpc) is 2.52. The third-order valence-electron chi connectivity index (χ3n) is 3.76. The highest BCUT2D eigenvalue weighted by Gasteiger charge is 2.44. The third kappa shape index (κ3) is 2.96. The van der Waals surface area contributed by atoms with Crippen molar-refractivity contribution in [1.29, 1.82) is 0 Å². The van der Waals surface area contributed by atoms with Gasteiger partial charge in [0.25, 0.3) is 0 Å². The Balaban J connectivity index is 2.71. The van der Waals surface area contributed by atoms with Crippen molar-refractivity contribution in [2.75, 3.05) is 0 Å². The Morgan fingerprint density at radius 3 is 2.27 bits per heavy atom. The van der Waals surface area contributed by atoms with E-state index in [0.29, 0.717) is 0 Å². The van der Waals surface area contributed by atoms with Crippen molar-refractivity contribution in [1.82, 2.24) is 0 Å². The maximum absolute atomic E-state index is 11.4. The van der Waals surface area contributed by atoms with Crippen molar-refractivity contribution in [2.45, 2.75) is 65.7 Å². The first kappa shape index (κ1) is 12.5. The Bertz CT molecular complexity index is 225. The summed E-state index contributed by atoms with van der Waals surface area (Å²) >= 11 is 0. The van der Waals surface area contributed by atoms with Gasteiger partial charge in [0.1, 0.15) is 0 Å². The van der Waals surface area contributed by atoms with Crippen LogP contribution in [0.4, 0.5) is 0 Å². The second-order valence-corrected chi connectivity index (χ2v) is 5.88. The molecule has 2 nitrogen and oxygen atoms in total. The fraction of sp³-hybridized carbons (Fsp3) is 0.923. The number of hydrogen-bond donors (Lipinski definition) is 1. The van der Waals surface area contributed by atoms with E-state index >= 15 is 0 Å². The Morgan fingerprint density at radius 1 is 1.33 bits per heavy atom. The van der Waals surface area contributed by atoms with Crippen LogP contribution < -0.4 is 0 Å². The topological polar surface area (TPSA) is 37.3 Å². The van der Waals surface area contributed by atoms with Crippen molar-refractivity contribution >= 4 is 5.97 Å². The molecule has 0 heterocycles. The van der Waals surface area contributed by atoms with E-state index in [4.69, 9.17) is 0 Å². The van der Waals surface area contributed by atoms with Gasteiger partial charge in [-0.15, -0.1) is 0 Å². The van der Waals surface area contributed by atoms with Crippen molar-refractivity contribution in [3.63, 3.8) is 0 Å². The van der Waals surface area contributed by atoms with E-state index in [2.05, 4.69) is 20.8 Å². The number of hydrogen-bond acceptors (Lipinski definition) is 1. The van der Waals surface area contributed by atoms with Crippen molar-refractivity contribution < 1.29 is 9.90 Å². The molecule has 0 radical (unpaired) electrons. The molecule has 1 rings (SSSR count). The Morgan fingerprint density at radius 2 is 1.87 bits per heavy atom. The van der Waals surface area contributed by atoms with Crippen molar-refractivity contribution in [2.24, 2.45) is 10.8 Å². The Hall–Kier alpha value is -0.530. The second kappa shape index (κ2) is 4.54. The highest BCUT2D eigenvalue weighted by Crippen LogP contribution is 2.47. The molecule has 1 aliphatic carbocycles. The van der Waals surface area contributed by atoms with E-state index in [0.717, 1.165) is 44.9 Å². The fourth-order valence-corrected chi connectivity index (χ4v) is 3.20. The van der Waals surface area contributed by atoms with Crippen LogP contribution in [0.5, 0.6) is 0 Å². The van der Waals surface area contributed by atoms with Gasteiger partial charge in [0.15, 0.2) is 0 Å². The van der Waals surface area contributed by atoms with Crippen LogP contribution in [0.15, 0.2) is 0 Å². The molecule has 0 aromatic rings. The van der Waals surface area contributed by atoms with Gasteiger partial charge in [-0.2, -0.15) is 0 Å². The van der Waals surface area contributed by atoms with E-state index < -0.39 is 11.4 Å². The molecule has 1 fully saturated rings. The van der Waals surface area contributed by atoms with Gasteiger partial charge in [-0.3, -0.25) is 4.79 Å². The average molecular weight is 212 g/mol. The molecule has 1 N–H and O–H groups in total. The number of carboxylic acid groups (broad SMARTS) is 1. The molecule has 2 heteroatoms. The zero-order chi connectivity index (χ0) is 11.5. The van der Waals surface area contributed by atoms with Crippen LogP contribution in [0, 0.1) is 10.8 Å². The minimum atomic E-state index is -0.566. The predicted molar refractivity (Wildman–Crippen MR) is 61.8 cm³/mol. The number of rotatable bonds is 5. The van der Waals surface area contributed by atoms with Gasteiger partial charge in [-0.1, -0.05) is 40.0 Å². The molecule has 88 valence electrons. The normalized spacial score (nSPS) is 20.5. The lowest BCUT2D eigenvalue weighted by molar-refractivity contribution is -0.150. The molecule has 0 aliphatic heterocycles. The highest BCUT2D eigenvalue weighted by atomic mass is 16.4. The summed E-state index contributed by atoms with van der Waals surface area (Å²) < 4.78 is 0. The number of carbonyl (C=O) groups is 1. The van der Waals surface area contributed by atoms with Gasteiger partial charge in [-0.05, 0) is 31.1 Å². The molecule has 0 saturated heterocycles. The van der Waals surface area contributed by atoms with Crippen LogP contribution in [-0.4, -0.2) is 11.1 Å².